The molecule has 1 fully saturated rings. The van der Waals surface area contributed by atoms with Gasteiger partial charge in [0.2, 0.25) is 0 Å². The summed E-state index contributed by atoms with van der Waals surface area (Å²) in [7, 11) is 0. The zero-order chi connectivity index (χ0) is 20.0. The minimum absolute atomic E-state index is 0.516. The predicted octanol–water partition coefficient (Wildman–Crippen LogP) is 5.64. The molecule has 0 aliphatic heterocycles. The maximum Gasteiger partial charge on any atom is 0.143 e. The van der Waals surface area contributed by atoms with Gasteiger partial charge in [0, 0.05) is 30.0 Å². The molecule has 2 N–H and O–H groups in total. The summed E-state index contributed by atoms with van der Waals surface area (Å²) in [6.07, 6.45) is 7.00. The Labute approximate surface area is 171 Å². The van der Waals surface area contributed by atoms with E-state index >= 15 is 0 Å². The minimum atomic E-state index is 0.516. The zero-order valence-electron chi connectivity index (χ0n) is 17.5. The van der Waals surface area contributed by atoms with Crippen LogP contribution in [0.15, 0.2) is 36.5 Å². The monoisotopic (exact) mass is 387 g/mol. The second kappa shape index (κ2) is 7.21. The van der Waals surface area contributed by atoms with E-state index in [9.17, 15) is 0 Å². The van der Waals surface area contributed by atoms with Gasteiger partial charge in [0.25, 0.3) is 0 Å². The van der Waals surface area contributed by atoms with Crippen LogP contribution in [0.5, 0.6) is 0 Å². The number of aromatic nitrogens is 4. The van der Waals surface area contributed by atoms with E-state index in [0.29, 0.717) is 6.04 Å². The minimum Gasteiger partial charge on any atom is -0.359 e. The zero-order valence-corrected chi connectivity index (χ0v) is 17.5. The van der Waals surface area contributed by atoms with Crippen molar-refractivity contribution in [2.45, 2.75) is 59.0 Å². The van der Waals surface area contributed by atoms with Crippen molar-refractivity contribution in [3.05, 3.63) is 53.6 Å². The van der Waals surface area contributed by atoms with E-state index in [-0.39, 0.29) is 0 Å². The molecule has 150 valence electrons. The number of fused-ring (bicyclic) bond motifs is 2. The molecule has 1 aromatic carbocycles. The summed E-state index contributed by atoms with van der Waals surface area (Å²) in [6.45, 7) is 7.35. The smallest absolute Gasteiger partial charge is 0.143 e. The second-order valence-corrected chi connectivity index (χ2v) is 8.75. The van der Waals surface area contributed by atoms with Crippen LogP contribution in [0.25, 0.3) is 21.9 Å². The third-order valence-electron chi connectivity index (χ3n) is 6.38. The number of hydrogen-bond donors (Lipinski definition) is 2. The molecule has 1 aliphatic carbocycles. The van der Waals surface area contributed by atoms with E-state index in [4.69, 9.17) is 4.98 Å². The highest BCUT2D eigenvalue weighted by Crippen LogP contribution is 2.34. The van der Waals surface area contributed by atoms with Crippen molar-refractivity contribution < 1.29 is 0 Å². The SMILES string of the molecule is Cc1nc(N(Cc2ccc3[nH]c(C)cc3c2)C2CCC(C)CC2)c2cc[nH]c2n1. The standard InChI is InChI=1S/C24H29N5/c1-15-4-7-20(8-5-15)29(24-21-10-11-25-23(21)27-17(3)28-24)14-18-6-9-22-19(13-18)12-16(2)26-22/h6,9-13,15,20,26H,4-5,7-8,14H2,1-3H3,(H,25,27,28). The normalized spacial score (nSPS) is 19.8. The Hall–Kier alpha value is -2.82. The summed E-state index contributed by atoms with van der Waals surface area (Å²) in [5.74, 6) is 2.71. The number of nitrogens with zero attached hydrogens (tertiary/aromatic N) is 3. The Morgan fingerprint density at radius 3 is 2.69 bits per heavy atom. The van der Waals surface area contributed by atoms with E-state index in [0.717, 1.165) is 35.1 Å². The van der Waals surface area contributed by atoms with Gasteiger partial charge < -0.3 is 14.9 Å². The van der Waals surface area contributed by atoms with Crippen molar-refractivity contribution in [2.75, 3.05) is 4.90 Å². The van der Waals surface area contributed by atoms with Crippen LogP contribution >= 0.6 is 0 Å². The Balaban J connectivity index is 1.56. The van der Waals surface area contributed by atoms with Gasteiger partial charge in [-0.25, -0.2) is 9.97 Å². The van der Waals surface area contributed by atoms with E-state index in [1.807, 2.05) is 13.1 Å². The van der Waals surface area contributed by atoms with Crippen LogP contribution in [-0.2, 0) is 6.54 Å². The Bertz CT molecular complexity index is 1150. The Morgan fingerprint density at radius 1 is 1.03 bits per heavy atom. The third-order valence-corrected chi connectivity index (χ3v) is 6.38. The van der Waals surface area contributed by atoms with Gasteiger partial charge in [0.1, 0.15) is 17.3 Å². The van der Waals surface area contributed by atoms with E-state index in [2.05, 4.69) is 64.0 Å². The van der Waals surface area contributed by atoms with Crippen LogP contribution in [0.1, 0.15) is 49.7 Å². The van der Waals surface area contributed by atoms with Crippen molar-refractivity contribution in [1.82, 2.24) is 19.9 Å². The summed E-state index contributed by atoms with van der Waals surface area (Å²) >= 11 is 0. The molecule has 3 heterocycles. The molecule has 5 heteroatoms. The molecule has 5 nitrogen and oxygen atoms in total. The maximum absolute atomic E-state index is 4.92. The van der Waals surface area contributed by atoms with E-state index < -0.39 is 0 Å². The van der Waals surface area contributed by atoms with Gasteiger partial charge in [-0.1, -0.05) is 13.0 Å². The largest absolute Gasteiger partial charge is 0.359 e. The molecule has 0 atom stereocenters. The first-order chi connectivity index (χ1) is 14.1. The number of hydrogen-bond acceptors (Lipinski definition) is 3. The number of nitrogens with one attached hydrogen (secondary N) is 2. The molecular formula is C24H29N5. The van der Waals surface area contributed by atoms with Gasteiger partial charge in [0.15, 0.2) is 0 Å². The summed E-state index contributed by atoms with van der Waals surface area (Å²) in [5, 5.41) is 2.40. The highest BCUT2D eigenvalue weighted by atomic mass is 15.2. The molecule has 4 aromatic rings. The fraction of sp³-hybridized carbons (Fsp3) is 0.417. The molecule has 3 aromatic heterocycles. The molecule has 1 saturated carbocycles. The maximum atomic E-state index is 4.92. The number of aromatic amines is 2. The van der Waals surface area contributed by atoms with Gasteiger partial charge >= 0.3 is 0 Å². The first-order valence-electron chi connectivity index (χ1n) is 10.7. The second-order valence-electron chi connectivity index (χ2n) is 8.75. The summed E-state index contributed by atoms with van der Waals surface area (Å²) < 4.78 is 0. The molecule has 1 aliphatic rings. The lowest BCUT2D eigenvalue weighted by Gasteiger charge is -2.37. The summed E-state index contributed by atoms with van der Waals surface area (Å²) in [6, 6.07) is 11.6. The van der Waals surface area contributed by atoms with Crippen molar-refractivity contribution >= 4 is 27.8 Å². The fourth-order valence-corrected chi connectivity index (χ4v) is 4.81. The van der Waals surface area contributed by atoms with Crippen LogP contribution in [0.2, 0.25) is 0 Å². The van der Waals surface area contributed by atoms with Crippen LogP contribution in [-0.4, -0.2) is 26.0 Å². The Morgan fingerprint density at radius 2 is 1.86 bits per heavy atom. The third kappa shape index (κ3) is 3.50. The molecule has 0 saturated heterocycles. The van der Waals surface area contributed by atoms with Crippen LogP contribution in [0, 0.1) is 19.8 Å². The van der Waals surface area contributed by atoms with E-state index in [1.54, 1.807) is 0 Å². The lowest BCUT2D eigenvalue weighted by Crippen LogP contribution is -2.38. The topological polar surface area (TPSA) is 60.6 Å². The van der Waals surface area contributed by atoms with Gasteiger partial charge in [-0.3, -0.25) is 0 Å². The number of H-pyrrole nitrogens is 2. The summed E-state index contributed by atoms with van der Waals surface area (Å²) in [4.78, 5) is 18.8. The number of anilines is 1. The number of benzene rings is 1. The number of rotatable bonds is 4. The molecule has 0 amide bonds. The molecule has 0 unspecified atom stereocenters. The predicted molar refractivity (Wildman–Crippen MR) is 119 cm³/mol. The highest BCUT2D eigenvalue weighted by Gasteiger charge is 2.27. The van der Waals surface area contributed by atoms with Crippen LogP contribution < -0.4 is 4.90 Å². The molecule has 0 spiro atoms. The van der Waals surface area contributed by atoms with Gasteiger partial charge in [-0.05, 0) is 80.7 Å². The van der Waals surface area contributed by atoms with Crippen molar-refractivity contribution in [3.8, 4) is 0 Å². The lowest BCUT2D eigenvalue weighted by molar-refractivity contribution is 0.332. The molecular weight excluding hydrogens is 358 g/mol. The van der Waals surface area contributed by atoms with Crippen LogP contribution in [0.3, 0.4) is 0 Å². The average Bonchev–Trinajstić information content (AvgIpc) is 3.31. The van der Waals surface area contributed by atoms with Crippen molar-refractivity contribution in [1.29, 1.82) is 0 Å². The van der Waals surface area contributed by atoms with Gasteiger partial charge in [0.05, 0.1) is 5.39 Å². The molecule has 5 rings (SSSR count). The first kappa shape index (κ1) is 18.2. The molecule has 29 heavy (non-hydrogen) atoms. The van der Waals surface area contributed by atoms with E-state index in [1.165, 1.54) is 47.8 Å². The quantitative estimate of drug-likeness (QED) is 0.476. The Kier molecular flexibility index (Phi) is 4.53. The first-order valence-corrected chi connectivity index (χ1v) is 10.7. The fourth-order valence-electron chi connectivity index (χ4n) is 4.81. The average molecular weight is 388 g/mol. The highest BCUT2D eigenvalue weighted by molar-refractivity contribution is 5.88. The summed E-state index contributed by atoms with van der Waals surface area (Å²) in [5.41, 5.74) is 4.67. The lowest BCUT2D eigenvalue weighted by atomic mass is 9.86. The van der Waals surface area contributed by atoms with Gasteiger partial charge in [-0.15, -0.1) is 0 Å². The van der Waals surface area contributed by atoms with Crippen LogP contribution in [0.4, 0.5) is 5.82 Å². The molecule has 0 radical (unpaired) electrons. The van der Waals surface area contributed by atoms with Crippen molar-refractivity contribution in [3.63, 3.8) is 0 Å². The van der Waals surface area contributed by atoms with Gasteiger partial charge in [-0.2, -0.15) is 0 Å². The number of aryl methyl sites for hydroxylation is 2. The van der Waals surface area contributed by atoms with Crippen molar-refractivity contribution in [2.24, 2.45) is 5.92 Å². The molecule has 0 bridgehead atoms.